The SMILES string of the molecule is O=c1[nH]nnn1-c1cccc(F)c1I. The lowest BCUT2D eigenvalue weighted by Crippen LogP contribution is -2.17. The second-order valence-electron chi connectivity index (χ2n) is 2.49. The van der Waals surface area contributed by atoms with E-state index in [-0.39, 0.29) is 0 Å². The lowest BCUT2D eigenvalue weighted by Gasteiger charge is -2.01. The van der Waals surface area contributed by atoms with Gasteiger partial charge in [-0.05, 0) is 45.2 Å². The van der Waals surface area contributed by atoms with E-state index in [2.05, 4.69) is 15.5 Å². The summed E-state index contributed by atoms with van der Waals surface area (Å²) >= 11 is 1.81. The number of nitrogens with one attached hydrogen (secondary N) is 1. The van der Waals surface area contributed by atoms with E-state index in [1.165, 1.54) is 12.1 Å². The molecule has 0 aliphatic rings. The zero-order valence-corrected chi connectivity index (χ0v) is 8.90. The van der Waals surface area contributed by atoms with Crippen molar-refractivity contribution >= 4 is 22.6 Å². The molecule has 0 amide bonds. The second-order valence-corrected chi connectivity index (χ2v) is 3.57. The predicted molar refractivity (Wildman–Crippen MR) is 54.7 cm³/mol. The van der Waals surface area contributed by atoms with Crippen molar-refractivity contribution in [3.8, 4) is 5.69 Å². The van der Waals surface area contributed by atoms with Crippen molar-refractivity contribution in [1.82, 2.24) is 20.2 Å². The number of benzene rings is 1. The highest BCUT2D eigenvalue weighted by atomic mass is 127. The minimum Gasteiger partial charge on any atom is -0.244 e. The maximum absolute atomic E-state index is 13.1. The number of rotatable bonds is 1. The molecule has 0 fully saturated rings. The Morgan fingerprint density at radius 3 is 2.93 bits per heavy atom. The minimum absolute atomic E-state index is 0.334. The number of nitrogens with zero attached hydrogens (tertiary/aromatic N) is 3. The first-order chi connectivity index (χ1) is 6.70. The van der Waals surface area contributed by atoms with E-state index in [1.807, 2.05) is 0 Å². The zero-order valence-electron chi connectivity index (χ0n) is 6.74. The van der Waals surface area contributed by atoms with Crippen molar-refractivity contribution < 1.29 is 4.39 Å². The molecule has 0 saturated carbocycles. The smallest absolute Gasteiger partial charge is 0.244 e. The van der Waals surface area contributed by atoms with Crippen LogP contribution in [0.25, 0.3) is 5.69 Å². The van der Waals surface area contributed by atoms with Crippen LogP contribution in [0, 0.1) is 9.39 Å². The Balaban J connectivity index is 2.69. The van der Waals surface area contributed by atoms with Gasteiger partial charge in [0, 0.05) is 0 Å². The Labute approximate surface area is 91.1 Å². The van der Waals surface area contributed by atoms with Crippen LogP contribution in [0.2, 0.25) is 0 Å². The molecule has 0 spiro atoms. The van der Waals surface area contributed by atoms with Crippen LogP contribution in [0.4, 0.5) is 4.39 Å². The fourth-order valence-corrected chi connectivity index (χ4v) is 1.60. The molecule has 2 rings (SSSR count). The van der Waals surface area contributed by atoms with E-state index in [1.54, 1.807) is 28.7 Å². The van der Waals surface area contributed by atoms with Gasteiger partial charge in [0.1, 0.15) is 5.82 Å². The minimum atomic E-state index is -0.492. The topological polar surface area (TPSA) is 63.6 Å². The summed E-state index contributed by atoms with van der Waals surface area (Å²) in [6.45, 7) is 0. The molecular formula is C7H4FIN4O. The second kappa shape index (κ2) is 3.48. The van der Waals surface area contributed by atoms with E-state index in [0.717, 1.165) is 4.68 Å². The highest BCUT2D eigenvalue weighted by Gasteiger charge is 2.09. The molecule has 0 radical (unpaired) electrons. The molecule has 1 aromatic carbocycles. The highest BCUT2D eigenvalue weighted by Crippen LogP contribution is 2.17. The van der Waals surface area contributed by atoms with Crippen LogP contribution in [0.15, 0.2) is 23.0 Å². The third kappa shape index (κ3) is 1.43. The van der Waals surface area contributed by atoms with Gasteiger partial charge >= 0.3 is 5.69 Å². The van der Waals surface area contributed by atoms with Gasteiger partial charge in [0.05, 0.1) is 9.26 Å². The summed E-state index contributed by atoms with van der Waals surface area (Å²) in [5, 5.41) is 8.97. The first-order valence-corrected chi connectivity index (χ1v) is 4.73. The molecule has 0 aliphatic carbocycles. The molecule has 7 heteroatoms. The third-order valence-corrected chi connectivity index (χ3v) is 2.70. The number of H-pyrrole nitrogens is 1. The van der Waals surface area contributed by atoms with Gasteiger partial charge in [0.2, 0.25) is 0 Å². The van der Waals surface area contributed by atoms with Gasteiger partial charge in [0.25, 0.3) is 0 Å². The average Bonchev–Trinajstić information content (AvgIpc) is 2.57. The molecule has 0 atom stereocenters. The van der Waals surface area contributed by atoms with Gasteiger partial charge < -0.3 is 0 Å². The lowest BCUT2D eigenvalue weighted by atomic mass is 10.3. The Bertz CT molecular complexity index is 520. The number of aromatic nitrogens is 4. The average molecular weight is 306 g/mol. The number of tetrazole rings is 1. The van der Waals surface area contributed by atoms with Crippen LogP contribution in [-0.2, 0) is 0 Å². The number of aromatic amines is 1. The number of halogens is 2. The first kappa shape index (κ1) is 9.31. The van der Waals surface area contributed by atoms with Crippen LogP contribution < -0.4 is 5.69 Å². The number of hydrogen-bond acceptors (Lipinski definition) is 3. The van der Waals surface area contributed by atoms with Crippen LogP contribution in [0.5, 0.6) is 0 Å². The summed E-state index contributed by atoms with van der Waals surface area (Å²) in [6, 6.07) is 4.42. The van der Waals surface area contributed by atoms with Gasteiger partial charge in [-0.1, -0.05) is 6.07 Å². The van der Waals surface area contributed by atoms with Crippen molar-refractivity contribution in [3.63, 3.8) is 0 Å². The molecule has 1 heterocycles. The summed E-state index contributed by atoms with van der Waals surface area (Å²) in [4.78, 5) is 11.1. The van der Waals surface area contributed by atoms with Crippen LogP contribution in [-0.4, -0.2) is 20.2 Å². The van der Waals surface area contributed by atoms with Crippen molar-refractivity contribution in [2.24, 2.45) is 0 Å². The standard InChI is InChI=1S/C7H4FIN4O/c8-4-2-1-3-5(6(4)9)13-7(14)10-11-12-13/h1-3H,(H,10,12,14). The Morgan fingerprint density at radius 1 is 1.50 bits per heavy atom. The fourth-order valence-electron chi connectivity index (χ4n) is 1.01. The molecule has 0 aliphatic heterocycles. The van der Waals surface area contributed by atoms with E-state index in [9.17, 15) is 9.18 Å². The monoisotopic (exact) mass is 306 g/mol. The maximum Gasteiger partial charge on any atom is 0.365 e. The normalized spacial score (nSPS) is 10.4. The molecule has 2 aromatic rings. The summed E-state index contributed by atoms with van der Waals surface area (Å²) in [5.74, 6) is -0.391. The molecular weight excluding hydrogens is 302 g/mol. The summed E-state index contributed by atoms with van der Waals surface area (Å²) in [7, 11) is 0. The van der Waals surface area contributed by atoms with Crippen molar-refractivity contribution in [3.05, 3.63) is 38.1 Å². The molecule has 1 N–H and O–H groups in total. The molecule has 14 heavy (non-hydrogen) atoms. The molecule has 1 aromatic heterocycles. The Hall–Kier alpha value is -1.25. The molecule has 72 valence electrons. The molecule has 5 nitrogen and oxygen atoms in total. The van der Waals surface area contributed by atoms with Crippen LogP contribution >= 0.6 is 22.6 Å². The Kier molecular flexibility index (Phi) is 2.32. The largest absolute Gasteiger partial charge is 0.365 e. The van der Waals surface area contributed by atoms with Gasteiger partial charge in [0.15, 0.2) is 0 Å². The van der Waals surface area contributed by atoms with E-state index in [0.29, 0.717) is 9.26 Å². The quantitative estimate of drug-likeness (QED) is 0.789. The zero-order chi connectivity index (χ0) is 10.1. The van der Waals surface area contributed by atoms with E-state index in [4.69, 9.17) is 0 Å². The van der Waals surface area contributed by atoms with E-state index < -0.39 is 11.5 Å². The summed E-state index contributed by atoms with van der Waals surface area (Å²) < 4.78 is 14.5. The van der Waals surface area contributed by atoms with Crippen molar-refractivity contribution in [2.45, 2.75) is 0 Å². The highest BCUT2D eigenvalue weighted by molar-refractivity contribution is 14.1. The van der Waals surface area contributed by atoms with Crippen molar-refractivity contribution in [2.75, 3.05) is 0 Å². The fraction of sp³-hybridized carbons (Fsp3) is 0. The van der Waals surface area contributed by atoms with E-state index >= 15 is 0 Å². The summed E-state index contributed by atoms with van der Waals surface area (Å²) in [5.41, 5.74) is -0.113. The maximum atomic E-state index is 13.1. The van der Waals surface area contributed by atoms with Crippen LogP contribution in [0.3, 0.4) is 0 Å². The molecule has 0 bridgehead atoms. The predicted octanol–water partition coefficient (Wildman–Crippen LogP) is 0.699. The van der Waals surface area contributed by atoms with Gasteiger partial charge in [-0.3, -0.25) is 0 Å². The van der Waals surface area contributed by atoms with Gasteiger partial charge in [-0.2, -0.15) is 4.68 Å². The van der Waals surface area contributed by atoms with Crippen molar-refractivity contribution in [1.29, 1.82) is 0 Å². The summed E-state index contributed by atoms with van der Waals surface area (Å²) in [6.07, 6.45) is 0. The Morgan fingerprint density at radius 2 is 2.29 bits per heavy atom. The van der Waals surface area contributed by atoms with Gasteiger partial charge in [-0.25, -0.2) is 14.3 Å². The third-order valence-electron chi connectivity index (χ3n) is 1.63. The van der Waals surface area contributed by atoms with Gasteiger partial charge in [-0.15, -0.1) is 0 Å². The molecule has 0 unspecified atom stereocenters. The lowest BCUT2D eigenvalue weighted by molar-refractivity contribution is 0.616. The van der Waals surface area contributed by atoms with Crippen LogP contribution in [0.1, 0.15) is 0 Å². The molecule has 0 saturated heterocycles. The number of hydrogen-bond donors (Lipinski definition) is 1. The first-order valence-electron chi connectivity index (χ1n) is 3.65.